The van der Waals surface area contributed by atoms with E-state index in [0.29, 0.717) is 19.6 Å². The number of hydrogen-bond donors (Lipinski definition) is 4. The first-order chi connectivity index (χ1) is 12.8. The number of thioether (sulfide) groups is 1. The maximum atomic E-state index is 12.0. The number of amides is 1. The molecule has 1 aliphatic rings. The molecule has 2 aromatic rings. The Bertz CT molecular complexity index is 1020. The number of hydrogen-bond acceptors (Lipinski definition) is 7. The molecule has 27 heavy (non-hydrogen) atoms. The third-order valence-corrected chi connectivity index (χ3v) is 5.70. The lowest BCUT2D eigenvalue weighted by atomic mass is 10.2. The smallest absolute Gasteiger partial charge is 0.264 e. The van der Waals surface area contributed by atoms with Crippen molar-refractivity contribution in [2.24, 2.45) is 10.2 Å². The molecule has 0 radical (unpaired) electrons. The number of rotatable bonds is 3. The fourth-order valence-corrected chi connectivity index (χ4v) is 4.76. The van der Waals surface area contributed by atoms with E-state index in [1.54, 1.807) is 6.07 Å². The number of phenolic OH excluding ortho intramolecular Hbond substituents is 3. The van der Waals surface area contributed by atoms with Gasteiger partial charge in [-0.3, -0.25) is 10.1 Å². The number of benzene rings is 2. The molecule has 0 spiro atoms. The van der Waals surface area contributed by atoms with Gasteiger partial charge < -0.3 is 15.3 Å². The lowest BCUT2D eigenvalue weighted by molar-refractivity contribution is -0.115. The van der Waals surface area contributed by atoms with E-state index in [-0.39, 0.29) is 28.3 Å². The zero-order valence-electron chi connectivity index (χ0n) is 13.3. The van der Waals surface area contributed by atoms with Crippen LogP contribution in [0.1, 0.15) is 11.1 Å². The summed E-state index contributed by atoms with van der Waals surface area (Å²) in [5.41, 5.74) is 0.920. The summed E-state index contributed by atoms with van der Waals surface area (Å²) in [7, 11) is 0. The van der Waals surface area contributed by atoms with Gasteiger partial charge >= 0.3 is 0 Å². The minimum Gasteiger partial charge on any atom is -0.508 e. The molecule has 3 rings (SSSR count). The summed E-state index contributed by atoms with van der Waals surface area (Å²) < 4.78 is 1.66. The molecular weight excluding hydrogens is 596 g/mol. The van der Waals surface area contributed by atoms with Crippen LogP contribution in [0.4, 0.5) is 0 Å². The number of carbonyl (C=O) groups excluding carboxylic acids is 1. The van der Waals surface area contributed by atoms with Crippen molar-refractivity contribution in [3.8, 4) is 17.2 Å². The number of carbonyl (C=O) groups is 1. The Morgan fingerprint density at radius 2 is 1.85 bits per heavy atom. The van der Waals surface area contributed by atoms with Crippen molar-refractivity contribution in [2.45, 2.75) is 0 Å². The van der Waals surface area contributed by atoms with Gasteiger partial charge in [0.05, 0.1) is 14.7 Å². The molecule has 4 N–H and O–H groups in total. The summed E-state index contributed by atoms with van der Waals surface area (Å²) in [5, 5.41) is 39.9. The molecule has 10 heteroatoms. The van der Waals surface area contributed by atoms with Crippen LogP contribution in [-0.2, 0) is 4.79 Å². The Balaban J connectivity index is 1.78. The molecule has 7 nitrogen and oxygen atoms in total. The lowest BCUT2D eigenvalue weighted by Gasteiger charge is -2.01. The van der Waals surface area contributed by atoms with Crippen LogP contribution >= 0.6 is 56.9 Å². The van der Waals surface area contributed by atoms with Gasteiger partial charge in [0.15, 0.2) is 5.17 Å². The standard InChI is InChI=1S/C17H11I2N3O4S/c18-10-3-9(15(25)12(19)5-10)7-20-22-17-21-16(26)14(27-17)4-8-1-2-11(23)6-13(8)24/h1-7,23-25H,(H,21,22,26)/b14-4+,20-7?. The normalized spacial score (nSPS) is 17.2. The summed E-state index contributed by atoms with van der Waals surface area (Å²) in [6.45, 7) is 0. The van der Waals surface area contributed by atoms with E-state index in [2.05, 4.69) is 38.1 Å². The zero-order chi connectivity index (χ0) is 19.6. The largest absolute Gasteiger partial charge is 0.508 e. The third-order valence-electron chi connectivity index (χ3n) is 3.35. The monoisotopic (exact) mass is 607 g/mol. The highest BCUT2D eigenvalue weighted by molar-refractivity contribution is 14.1. The van der Waals surface area contributed by atoms with Crippen molar-refractivity contribution in [2.75, 3.05) is 0 Å². The Morgan fingerprint density at radius 3 is 2.59 bits per heavy atom. The van der Waals surface area contributed by atoms with Gasteiger partial charge in [-0.2, -0.15) is 5.10 Å². The van der Waals surface area contributed by atoms with Gasteiger partial charge in [-0.15, -0.1) is 5.10 Å². The van der Waals surface area contributed by atoms with E-state index in [1.807, 2.05) is 28.7 Å². The second kappa shape index (κ2) is 8.48. The molecule has 1 amide bonds. The van der Waals surface area contributed by atoms with E-state index >= 15 is 0 Å². The van der Waals surface area contributed by atoms with Crippen LogP contribution in [0.2, 0.25) is 0 Å². The van der Waals surface area contributed by atoms with Crippen LogP contribution in [0.3, 0.4) is 0 Å². The van der Waals surface area contributed by atoms with E-state index in [0.717, 1.165) is 15.3 Å². The highest BCUT2D eigenvalue weighted by Crippen LogP contribution is 2.30. The van der Waals surface area contributed by atoms with E-state index < -0.39 is 0 Å². The molecule has 0 aliphatic carbocycles. The quantitative estimate of drug-likeness (QED) is 0.185. The minimum atomic E-state index is -0.368. The Kier molecular flexibility index (Phi) is 6.26. The van der Waals surface area contributed by atoms with Gasteiger partial charge in [-0.05, 0) is 87.3 Å². The number of amidine groups is 1. The number of phenols is 3. The fraction of sp³-hybridized carbons (Fsp3) is 0. The van der Waals surface area contributed by atoms with E-state index in [9.17, 15) is 20.1 Å². The van der Waals surface area contributed by atoms with Crippen molar-refractivity contribution in [3.05, 3.63) is 53.5 Å². The molecule has 1 aliphatic heterocycles. The number of nitrogens with zero attached hydrogens (tertiary/aromatic N) is 2. The molecule has 1 fully saturated rings. The van der Waals surface area contributed by atoms with Crippen molar-refractivity contribution >= 4 is 80.3 Å². The SMILES string of the molecule is O=C1NC(=NN=Cc2cc(I)cc(I)c2O)S/C1=C/c1ccc(O)cc1O. The van der Waals surface area contributed by atoms with Crippen LogP contribution in [0.25, 0.3) is 6.08 Å². The lowest BCUT2D eigenvalue weighted by Crippen LogP contribution is -2.19. The Morgan fingerprint density at radius 1 is 1.07 bits per heavy atom. The van der Waals surface area contributed by atoms with Gasteiger partial charge in [-0.25, -0.2) is 0 Å². The van der Waals surface area contributed by atoms with Crippen LogP contribution in [0.15, 0.2) is 45.4 Å². The molecule has 0 bridgehead atoms. The Hall–Kier alpha value is -1.80. The first-order valence-corrected chi connectivity index (χ1v) is 10.3. The van der Waals surface area contributed by atoms with Crippen LogP contribution in [0.5, 0.6) is 17.2 Å². The Labute approximate surface area is 185 Å². The van der Waals surface area contributed by atoms with E-state index in [4.69, 9.17) is 0 Å². The molecule has 0 atom stereocenters. The van der Waals surface area contributed by atoms with Gasteiger partial charge in [0, 0.05) is 20.8 Å². The summed E-state index contributed by atoms with van der Waals surface area (Å²) in [4.78, 5) is 12.4. The van der Waals surface area contributed by atoms with Gasteiger partial charge in [0.1, 0.15) is 17.2 Å². The van der Waals surface area contributed by atoms with Crippen LogP contribution in [-0.4, -0.2) is 32.6 Å². The molecule has 0 saturated carbocycles. The average molecular weight is 607 g/mol. The second-order valence-electron chi connectivity index (χ2n) is 5.28. The first-order valence-electron chi connectivity index (χ1n) is 7.35. The van der Waals surface area contributed by atoms with E-state index in [1.165, 1.54) is 30.5 Å². The summed E-state index contributed by atoms with van der Waals surface area (Å²) in [6, 6.07) is 7.71. The fourth-order valence-electron chi connectivity index (χ4n) is 2.10. The second-order valence-corrected chi connectivity index (χ2v) is 8.72. The predicted molar refractivity (Wildman–Crippen MR) is 122 cm³/mol. The van der Waals surface area contributed by atoms with Crippen molar-refractivity contribution < 1.29 is 20.1 Å². The molecule has 0 aromatic heterocycles. The molecule has 1 heterocycles. The first kappa shape index (κ1) is 19.9. The molecule has 1 saturated heterocycles. The number of halogens is 2. The number of nitrogens with one attached hydrogen (secondary N) is 1. The van der Waals surface area contributed by atoms with Crippen molar-refractivity contribution in [3.63, 3.8) is 0 Å². The zero-order valence-corrected chi connectivity index (χ0v) is 18.5. The molecule has 138 valence electrons. The topological polar surface area (TPSA) is 115 Å². The predicted octanol–water partition coefficient (Wildman–Crippen LogP) is 3.61. The molecule has 0 unspecified atom stereocenters. The van der Waals surface area contributed by atoms with Crippen molar-refractivity contribution in [1.29, 1.82) is 0 Å². The molecular formula is C17H11I2N3O4S. The van der Waals surface area contributed by atoms with Gasteiger partial charge in [0.2, 0.25) is 0 Å². The van der Waals surface area contributed by atoms with Crippen LogP contribution in [0, 0.1) is 7.14 Å². The third kappa shape index (κ3) is 4.93. The van der Waals surface area contributed by atoms with Gasteiger partial charge in [-0.1, -0.05) is 0 Å². The average Bonchev–Trinajstić information content (AvgIpc) is 2.94. The minimum absolute atomic E-state index is 0.0664. The maximum Gasteiger partial charge on any atom is 0.264 e. The number of aromatic hydroxyl groups is 3. The van der Waals surface area contributed by atoms with Crippen LogP contribution < -0.4 is 5.32 Å². The van der Waals surface area contributed by atoms with Crippen molar-refractivity contribution in [1.82, 2.24) is 5.32 Å². The summed E-state index contributed by atoms with van der Waals surface area (Å²) in [6.07, 6.45) is 2.90. The highest BCUT2D eigenvalue weighted by atomic mass is 127. The summed E-state index contributed by atoms with van der Waals surface area (Å²) in [5.74, 6) is -0.453. The maximum absolute atomic E-state index is 12.0. The van der Waals surface area contributed by atoms with Gasteiger partial charge in [0.25, 0.3) is 5.91 Å². The summed E-state index contributed by atoms with van der Waals surface area (Å²) >= 11 is 5.24. The molecule has 2 aromatic carbocycles. The highest BCUT2D eigenvalue weighted by Gasteiger charge is 2.24.